The molecule has 2 aromatic rings. The Morgan fingerprint density at radius 1 is 1.03 bits per heavy atom. The number of carboxylic acid groups (broad SMARTS) is 1. The van der Waals surface area contributed by atoms with Crippen molar-refractivity contribution in [3.8, 4) is 11.1 Å². The van der Waals surface area contributed by atoms with Crippen LogP contribution in [0.15, 0.2) is 48.5 Å². The molecular formula is C23H25NO5. The summed E-state index contributed by atoms with van der Waals surface area (Å²) in [6.07, 6.45) is 0.794. The summed E-state index contributed by atoms with van der Waals surface area (Å²) in [5.74, 6) is -0.866. The number of benzene rings is 2. The molecule has 0 radical (unpaired) electrons. The number of fused-ring (bicyclic) bond motifs is 3. The smallest absolute Gasteiger partial charge is 0.407 e. The molecule has 1 saturated heterocycles. The fourth-order valence-electron chi connectivity index (χ4n) is 4.43. The van der Waals surface area contributed by atoms with Crippen molar-refractivity contribution in [1.82, 2.24) is 5.32 Å². The highest BCUT2D eigenvalue weighted by atomic mass is 16.5. The molecule has 1 aliphatic heterocycles. The molecule has 1 atom stereocenters. The van der Waals surface area contributed by atoms with E-state index in [4.69, 9.17) is 9.47 Å². The lowest BCUT2D eigenvalue weighted by molar-refractivity contribution is -0.138. The molecule has 1 heterocycles. The maximum atomic E-state index is 12.5. The van der Waals surface area contributed by atoms with Crippen LogP contribution in [0, 0.1) is 5.92 Å². The predicted octanol–water partition coefficient (Wildman–Crippen LogP) is 3.80. The molecule has 1 amide bonds. The number of carbonyl (C=O) groups excluding carboxylic acids is 1. The predicted molar refractivity (Wildman–Crippen MR) is 108 cm³/mol. The van der Waals surface area contributed by atoms with E-state index in [0.717, 1.165) is 24.0 Å². The van der Waals surface area contributed by atoms with Gasteiger partial charge in [-0.2, -0.15) is 0 Å². The third-order valence-electron chi connectivity index (χ3n) is 5.88. The number of carboxylic acids is 1. The monoisotopic (exact) mass is 395 g/mol. The zero-order valence-electron chi connectivity index (χ0n) is 16.2. The van der Waals surface area contributed by atoms with Gasteiger partial charge in [0, 0.05) is 25.2 Å². The summed E-state index contributed by atoms with van der Waals surface area (Å²) < 4.78 is 10.9. The first-order valence-electron chi connectivity index (χ1n) is 10.0. The second-order valence-electron chi connectivity index (χ2n) is 7.62. The molecule has 0 spiro atoms. The molecule has 29 heavy (non-hydrogen) atoms. The maximum absolute atomic E-state index is 12.5. The molecule has 6 nitrogen and oxygen atoms in total. The Morgan fingerprint density at radius 2 is 1.62 bits per heavy atom. The van der Waals surface area contributed by atoms with Gasteiger partial charge in [0.2, 0.25) is 0 Å². The van der Waals surface area contributed by atoms with Crippen LogP contribution in [0.2, 0.25) is 0 Å². The lowest BCUT2D eigenvalue weighted by atomic mass is 9.90. The van der Waals surface area contributed by atoms with Gasteiger partial charge in [-0.05, 0) is 41.0 Å². The Labute approximate surface area is 169 Å². The SMILES string of the molecule is O=C(O)C[C@H](NC(=O)OCC1c2ccccc2-c2ccccc21)C1CCOCC1. The number of aliphatic carboxylic acids is 1. The van der Waals surface area contributed by atoms with Crippen molar-refractivity contribution in [2.45, 2.75) is 31.2 Å². The molecule has 1 fully saturated rings. The minimum absolute atomic E-state index is 0.0193. The van der Waals surface area contributed by atoms with Crippen molar-refractivity contribution in [3.63, 3.8) is 0 Å². The molecule has 152 valence electrons. The topological polar surface area (TPSA) is 84.9 Å². The Bertz CT molecular complexity index is 845. The minimum atomic E-state index is -0.930. The highest BCUT2D eigenvalue weighted by molar-refractivity contribution is 5.79. The molecule has 2 N–H and O–H groups in total. The molecule has 1 aliphatic carbocycles. The van der Waals surface area contributed by atoms with Gasteiger partial charge in [-0.3, -0.25) is 4.79 Å². The van der Waals surface area contributed by atoms with Crippen molar-refractivity contribution >= 4 is 12.1 Å². The number of rotatable bonds is 6. The third-order valence-corrected chi connectivity index (χ3v) is 5.88. The number of carbonyl (C=O) groups is 2. The first-order valence-corrected chi connectivity index (χ1v) is 10.0. The van der Waals surface area contributed by atoms with Crippen LogP contribution in [0.4, 0.5) is 4.79 Å². The van der Waals surface area contributed by atoms with Crippen LogP contribution in [0.25, 0.3) is 11.1 Å². The van der Waals surface area contributed by atoms with Gasteiger partial charge in [0.25, 0.3) is 0 Å². The van der Waals surface area contributed by atoms with Crippen molar-refractivity contribution in [2.75, 3.05) is 19.8 Å². The number of hydrogen-bond donors (Lipinski definition) is 2. The number of alkyl carbamates (subject to hydrolysis) is 1. The fraction of sp³-hybridized carbons (Fsp3) is 0.391. The number of amides is 1. The fourth-order valence-corrected chi connectivity index (χ4v) is 4.43. The van der Waals surface area contributed by atoms with Gasteiger partial charge in [0.15, 0.2) is 0 Å². The normalized spacial score (nSPS) is 17.2. The van der Waals surface area contributed by atoms with Crippen LogP contribution in [0.1, 0.15) is 36.3 Å². The van der Waals surface area contributed by atoms with Crippen molar-refractivity contribution in [2.24, 2.45) is 5.92 Å². The molecule has 0 unspecified atom stereocenters. The van der Waals surface area contributed by atoms with Gasteiger partial charge < -0.3 is 19.9 Å². The Morgan fingerprint density at radius 3 is 2.21 bits per heavy atom. The second-order valence-corrected chi connectivity index (χ2v) is 7.62. The van der Waals surface area contributed by atoms with Gasteiger partial charge >= 0.3 is 12.1 Å². The minimum Gasteiger partial charge on any atom is -0.481 e. The van der Waals surface area contributed by atoms with E-state index in [-0.39, 0.29) is 24.9 Å². The summed E-state index contributed by atoms with van der Waals surface area (Å²) in [4.78, 5) is 23.8. The second kappa shape index (κ2) is 8.66. The van der Waals surface area contributed by atoms with E-state index < -0.39 is 18.1 Å². The maximum Gasteiger partial charge on any atom is 0.407 e. The van der Waals surface area contributed by atoms with Crippen LogP contribution in [0.5, 0.6) is 0 Å². The standard InChI is InChI=1S/C23H25NO5/c25-22(26)13-21(15-9-11-28-12-10-15)24-23(27)29-14-20-18-7-3-1-5-16(18)17-6-2-4-8-19(17)20/h1-8,15,20-21H,9-14H2,(H,24,27)(H,25,26)/t21-/m0/s1. The van der Waals surface area contributed by atoms with Crippen LogP contribution in [-0.2, 0) is 14.3 Å². The van der Waals surface area contributed by atoms with E-state index in [2.05, 4.69) is 29.6 Å². The van der Waals surface area contributed by atoms with Crippen molar-refractivity contribution in [3.05, 3.63) is 59.7 Å². The van der Waals surface area contributed by atoms with Gasteiger partial charge in [-0.15, -0.1) is 0 Å². The third kappa shape index (κ3) is 4.27. The average Bonchev–Trinajstić information content (AvgIpc) is 3.06. The van der Waals surface area contributed by atoms with Gasteiger partial charge in [-0.1, -0.05) is 48.5 Å². The highest BCUT2D eigenvalue weighted by Crippen LogP contribution is 2.44. The van der Waals surface area contributed by atoms with E-state index in [9.17, 15) is 14.7 Å². The molecule has 4 rings (SSSR count). The largest absolute Gasteiger partial charge is 0.481 e. The number of hydrogen-bond acceptors (Lipinski definition) is 4. The first kappa shape index (κ1) is 19.5. The lowest BCUT2D eigenvalue weighted by Crippen LogP contribution is -2.44. The molecule has 6 heteroatoms. The van der Waals surface area contributed by atoms with Gasteiger partial charge in [0.1, 0.15) is 6.61 Å². The van der Waals surface area contributed by atoms with E-state index in [1.807, 2.05) is 24.3 Å². The van der Waals surface area contributed by atoms with Gasteiger partial charge in [0.05, 0.1) is 6.42 Å². The van der Waals surface area contributed by atoms with Crippen molar-refractivity contribution in [1.29, 1.82) is 0 Å². The van der Waals surface area contributed by atoms with Crippen molar-refractivity contribution < 1.29 is 24.2 Å². The van der Waals surface area contributed by atoms with Crippen LogP contribution in [-0.4, -0.2) is 43.0 Å². The van der Waals surface area contributed by atoms with E-state index in [1.54, 1.807) is 0 Å². The lowest BCUT2D eigenvalue weighted by Gasteiger charge is -2.29. The highest BCUT2D eigenvalue weighted by Gasteiger charge is 2.31. The number of ether oxygens (including phenoxy) is 2. The van der Waals surface area contributed by atoms with Crippen LogP contribution in [0.3, 0.4) is 0 Å². The molecule has 0 aromatic heterocycles. The van der Waals surface area contributed by atoms with E-state index in [1.165, 1.54) is 11.1 Å². The summed E-state index contributed by atoms with van der Waals surface area (Å²) in [6, 6.07) is 15.9. The summed E-state index contributed by atoms with van der Waals surface area (Å²) in [7, 11) is 0. The first-order chi connectivity index (χ1) is 14.1. The quantitative estimate of drug-likeness (QED) is 0.777. The summed E-state index contributed by atoms with van der Waals surface area (Å²) >= 11 is 0. The summed E-state index contributed by atoms with van der Waals surface area (Å²) in [6.45, 7) is 1.40. The van der Waals surface area contributed by atoms with E-state index >= 15 is 0 Å². The number of nitrogens with one attached hydrogen (secondary N) is 1. The average molecular weight is 395 g/mol. The Balaban J connectivity index is 1.43. The summed E-state index contributed by atoms with van der Waals surface area (Å²) in [5.41, 5.74) is 4.63. The molecule has 0 saturated carbocycles. The molecule has 0 bridgehead atoms. The Kier molecular flexibility index (Phi) is 5.81. The molecular weight excluding hydrogens is 370 g/mol. The zero-order valence-corrected chi connectivity index (χ0v) is 16.2. The van der Waals surface area contributed by atoms with E-state index in [0.29, 0.717) is 13.2 Å². The van der Waals surface area contributed by atoms with Crippen LogP contribution >= 0.6 is 0 Å². The molecule has 2 aliphatic rings. The summed E-state index contributed by atoms with van der Waals surface area (Å²) in [5, 5.41) is 12.0. The zero-order chi connectivity index (χ0) is 20.2. The molecule has 2 aromatic carbocycles. The van der Waals surface area contributed by atoms with Crippen LogP contribution < -0.4 is 5.32 Å². The van der Waals surface area contributed by atoms with Gasteiger partial charge in [-0.25, -0.2) is 4.79 Å². The Hall–Kier alpha value is -2.86.